The molecule has 38 heavy (non-hydrogen) atoms. The molecule has 0 aliphatic heterocycles. The third-order valence-corrected chi connectivity index (χ3v) is 6.77. The molecule has 0 unspecified atom stereocenters. The number of fused-ring (bicyclic) bond motifs is 2. The topological polar surface area (TPSA) is 77.0 Å². The number of esters is 1. The molecule has 6 nitrogen and oxygen atoms in total. The quantitative estimate of drug-likeness (QED) is 0.101. The number of carbonyl (C=O) groups is 2. The minimum absolute atomic E-state index is 0.223. The lowest BCUT2D eigenvalue weighted by molar-refractivity contribution is -0.123. The first kappa shape index (κ1) is 25.2. The van der Waals surface area contributed by atoms with Gasteiger partial charge in [0.05, 0.1) is 16.3 Å². The highest BCUT2D eigenvalue weighted by atomic mass is 79.9. The van der Waals surface area contributed by atoms with Crippen molar-refractivity contribution >= 4 is 55.6 Å². The van der Waals surface area contributed by atoms with Crippen LogP contribution in [0.3, 0.4) is 0 Å². The second kappa shape index (κ2) is 11.3. The molecule has 0 aliphatic carbocycles. The van der Waals surface area contributed by atoms with Gasteiger partial charge in [0.15, 0.2) is 6.61 Å². The van der Waals surface area contributed by atoms with Gasteiger partial charge in [-0.05, 0) is 68.7 Å². The van der Waals surface area contributed by atoms with Crippen LogP contribution in [0.2, 0.25) is 0 Å². The number of ether oxygens (including phenoxy) is 2. The van der Waals surface area contributed by atoms with Gasteiger partial charge in [0.1, 0.15) is 11.5 Å². The fourth-order valence-electron chi connectivity index (χ4n) is 4.10. The molecule has 0 fully saturated rings. The van der Waals surface area contributed by atoms with Crippen LogP contribution in [0.25, 0.3) is 21.5 Å². The van der Waals surface area contributed by atoms with Crippen molar-refractivity contribution in [3.05, 3.63) is 118 Å². The summed E-state index contributed by atoms with van der Waals surface area (Å²) in [5.74, 6) is -0.0105. The Balaban J connectivity index is 1.31. The predicted molar refractivity (Wildman–Crippen MR) is 153 cm³/mol. The van der Waals surface area contributed by atoms with Crippen LogP contribution in [0.5, 0.6) is 11.5 Å². The van der Waals surface area contributed by atoms with Crippen molar-refractivity contribution in [2.24, 2.45) is 5.10 Å². The monoisotopic (exact) mass is 566 g/mol. The standard InChI is InChI=1S/C31H23BrN2O4/c1-20-7-6-10-23(17-20)31(36)38-27-15-13-21-8-2-4-11-24(21)26(27)18-33-34-29(35)19-37-28-16-14-22-9-3-5-12-25(22)30(28)32/h2-18H,19H2,1H3,(H,34,35)/b33-18+. The molecule has 1 amide bonds. The van der Waals surface area contributed by atoms with Crippen molar-refractivity contribution in [3.8, 4) is 11.5 Å². The Morgan fingerprint density at radius 2 is 1.53 bits per heavy atom. The molecule has 188 valence electrons. The van der Waals surface area contributed by atoms with Crippen LogP contribution in [0, 0.1) is 6.92 Å². The first-order valence-electron chi connectivity index (χ1n) is 11.9. The number of aryl methyl sites for hydroxylation is 1. The highest BCUT2D eigenvalue weighted by molar-refractivity contribution is 9.10. The summed E-state index contributed by atoms with van der Waals surface area (Å²) in [5, 5.41) is 7.96. The Hall–Kier alpha value is -4.49. The zero-order valence-electron chi connectivity index (χ0n) is 20.5. The number of amides is 1. The largest absolute Gasteiger partial charge is 0.483 e. The smallest absolute Gasteiger partial charge is 0.343 e. The molecule has 0 saturated carbocycles. The molecule has 0 saturated heterocycles. The van der Waals surface area contributed by atoms with Crippen LogP contribution in [0.4, 0.5) is 0 Å². The number of benzene rings is 5. The number of rotatable bonds is 7. The van der Waals surface area contributed by atoms with E-state index in [0.29, 0.717) is 22.6 Å². The van der Waals surface area contributed by atoms with E-state index in [1.807, 2.05) is 85.8 Å². The maximum atomic E-state index is 12.8. The van der Waals surface area contributed by atoms with Crippen LogP contribution in [0.15, 0.2) is 107 Å². The van der Waals surface area contributed by atoms with Crippen LogP contribution >= 0.6 is 15.9 Å². The van der Waals surface area contributed by atoms with Crippen LogP contribution in [-0.2, 0) is 4.79 Å². The Bertz CT molecular complexity index is 1700. The molecule has 0 heterocycles. The number of hydrogen-bond acceptors (Lipinski definition) is 5. The van der Waals surface area contributed by atoms with Gasteiger partial charge in [-0.1, -0.05) is 78.4 Å². The summed E-state index contributed by atoms with van der Waals surface area (Å²) >= 11 is 3.56. The van der Waals surface area contributed by atoms with E-state index in [0.717, 1.165) is 31.6 Å². The Kier molecular flexibility index (Phi) is 7.47. The van der Waals surface area contributed by atoms with Gasteiger partial charge in [0.2, 0.25) is 0 Å². The van der Waals surface area contributed by atoms with E-state index in [1.165, 1.54) is 6.21 Å². The Labute approximate surface area is 228 Å². The zero-order valence-corrected chi connectivity index (χ0v) is 22.1. The first-order valence-corrected chi connectivity index (χ1v) is 12.7. The molecular formula is C31H23BrN2O4. The Morgan fingerprint density at radius 3 is 2.29 bits per heavy atom. The predicted octanol–water partition coefficient (Wildman–Crippen LogP) is 6.81. The average Bonchev–Trinajstić information content (AvgIpc) is 2.93. The fourth-order valence-corrected chi connectivity index (χ4v) is 4.71. The fraction of sp³-hybridized carbons (Fsp3) is 0.0645. The number of nitrogens with zero attached hydrogens (tertiary/aromatic N) is 1. The first-order chi connectivity index (χ1) is 18.5. The number of carbonyl (C=O) groups excluding carboxylic acids is 2. The molecule has 0 aliphatic rings. The van der Waals surface area contributed by atoms with Crippen LogP contribution in [-0.4, -0.2) is 24.7 Å². The third-order valence-electron chi connectivity index (χ3n) is 5.96. The minimum atomic E-state index is -0.475. The molecule has 0 atom stereocenters. The Morgan fingerprint density at radius 1 is 0.842 bits per heavy atom. The van der Waals surface area contributed by atoms with Crippen molar-refractivity contribution in [2.45, 2.75) is 6.92 Å². The summed E-state index contributed by atoms with van der Waals surface area (Å²) in [6.45, 7) is 1.69. The van der Waals surface area contributed by atoms with E-state index in [9.17, 15) is 9.59 Å². The van der Waals surface area contributed by atoms with Crippen molar-refractivity contribution < 1.29 is 19.1 Å². The maximum Gasteiger partial charge on any atom is 0.343 e. The van der Waals surface area contributed by atoms with Crippen molar-refractivity contribution in [3.63, 3.8) is 0 Å². The van der Waals surface area contributed by atoms with Crippen molar-refractivity contribution in [2.75, 3.05) is 6.61 Å². The highest BCUT2D eigenvalue weighted by Crippen LogP contribution is 2.33. The van der Waals surface area contributed by atoms with Gasteiger partial charge in [-0.25, -0.2) is 10.2 Å². The lowest BCUT2D eigenvalue weighted by Crippen LogP contribution is -2.24. The minimum Gasteiger partial charge on any atom is -0.483 e. The summed E-state index contributed by atoms with van der Waals surface area (Å²) in [4.78, 5) is 25.3. The lowest BCUT2D eigenvalue weighted by Gasteiger charge is -2.11. The van der Waals surface area contributed by atoms with E-state index in [4.69, 9.17) is 9.47 Å². The van der Waals surface area contributed by atoms with Gasteiger partial charge in [-0.3, -0.25) is 4.79 Å². The summed E-state index contributed by atoms with van der Waals surface area (Å²) in [6.07, 6.45) is 1.48. The molecule has 0 aromatic heterocycles. The van der Waals surface area contributed by atoms with Crippen molar-refractivity contribution in [1.82, 2.24) is 5.43 Å². The van der Waals surface area contributed by atoms with Gasteiger partial charge in [-0.2, -0.15) is 5.10 Å². The van der Waals surface area contributed by atoms with E-state index in [-0.39, 0.29) is 6.61 Å². The molecule has 0 bridgehead atoms. The summed E-state index contributed by atoms with van der Waals surface area (Å²) < 4.78 is 12.2. The molecule has 5 aromatic carbocycles. The average molecular weight is 567 g/mol. The highest BCUT2D eigenvalue weighted by Gasteiger charge is 2.14. The zero-order chi connectivity index (χ0) is 26.5. The second-order valence-corrected chi connectivity index (χ2v) is 9.43. The van der Waals surface area contributed by atoms with Crippen LogP contribution in [0.1, 0.15) is 21.5 Å². The summed E-state index contributed by atoms with van der Waals surface area (Å²) in [7, 11) is 0. The maximum absolute atomic E-state index is 12.8. The molecule has 5 aromatic rings. The van der Waals surface area contributed by atoms with E-state index >= 15 is 0 Å². The van der Waals surface area contributed by atoms with Gasteiger partial charge in [0, 0.05) is 5.56 Å². The van der Waals surface area contributed by atoms with E-state index in [1.54, 1.807) is 18.2 Å². The molecule has 0 radical (unpaired) electrons. The number of hydrogen-bond donors (Lipinski definition) is 1. The molecular weight excluding hydrogens is 544 g/mol. The number of hydrazone groups is 1. The number of nitrogens with one attached hydrogen (secondary N) is 1. The second-order valence-electron chi connectivity index (χ2n) is 8.64. The van der Waals surface area contributed by atoms with Crippen molar-refractivity contribution in [1.29, 1.82) is 0 Å². The molecule has 7 heteroatoms. The van der Waals surface area contributed by atoms with E-state index < -0.39 is 11.9 Å². The molecule has 0 spiro atoms. The van der Waals surface area contributed by atoms with Gasteiger partial charge >= 0.3 is 5.97 Å². The molecule has 1 N–H and O–H groups in total. The van der Waals surface area contributed by atoms with Crippen LogP contribution < -0.4 is 14.9 Å². The van der Waals surface area contributed by atoms with Gasteiger partial charge in [0.25, 0.3) is 5.91 Å². The number of halogens is 1. The normalized spacial score (nSPS) is 11.1. The van der Waals surface area contributed by atoms with E-state index in [2.05, 4.69) is 26.5 Å². The summed E-state index contributed by atoms with van der Waals surface area (Å²) in [5.41, 5.74) is 4.47. The third kappa shape index (κ3) is 5.58. The van der Waals surface area contributed by atoms with Gasteiger partial charge < -0.3 is 9.47 Å². The summed E-state index contributed by atoms with van der Waals surface area (Å²) in [6, 6.07) is 30.1. The molecule has 5 rings (SSSR count). The lowest BCUT2D eigenvalue weighted by atomic mass is 10.0. The SMILES string of the molecule is Cc1cccc(C(=O)Oc2ccc3ccccc3c2/C=N/NC(=O)COc2ccc3ccccc3c2Br)c1. The van der Waals surface area contributed by atoms with Gasteiger partial charge in [-0.15, -0.1) is 0 Å².